The van der Waals surface area contributed by atoms with Gasteiger partial charge in [0.15, 0.2) is 0 Å². The molecule has 0 spiro atoms. The van der Waals surface area contributed by atoms with E-state index in [0.717, 1.165) is 0 Å². The van der Waals surface area contributed by atoms with Gasteiger partial charge in [0.05, 0.1) is 0 Å². The summed E-state index contributed by atoms with van der Waals surface area (Å²) in [4.78, 5) is 39.9. The third kappa shape index (κ3) is 7.03. The van der Waals surface area contributed by atoms with E-state index >= 15 is 0 Å². The Kier molecular flexibility index (Phi) is 6.82. The summed E-state index contributed by atoms with van der Waals surface area (Å²) in [5.74, 6) is -1.88. The Hall–Kier alpha value is -2.03. The van der Waals surface area contributed by atoms with E-state index in [-0.39, 0.29) is 18.0 Å². The molecular weight excluding hydrogens is 342 g/mol. The molecule has 1 aliphatic heterocycles. The van der Waals surface area contributed by atoms with Gasteiger partial charge in [0.2, 0.25) is 5.91 Å². The molecule has 0 saturated heterocycles. The number of nitrogens with zero attached hydrogens (tertiary/aromatic N) is 1. The van der Waals surface area contributed by atoms with Crippen molar-refractivity contribution < 1.29 is 29.1 Å². The molecule has 0 aromatic rings. The van der Waals surface area contributed by atoms with Gasteiger partial charge >= 0.3 is 12.1 Å². The maximum atomic E-state index is 12.1. The predicted octanol–water partition coefficient (Wildman–Crippen LogP) is 1.20. The molecule has 0 aliphatic carbocycles. The summed E-state index contributed by atoms with van der Waals surface area (Å²) in [6.07, 6.45) is -1.00. The molecule has 136 valence electrons. The van der Waals surface area contributed by atoms with Gasteiger partial charge < -0.3 is 25.3 Å². The van der Waals surface area contributed by atoms with Gasteiger partial charge in [-0.3, -0.25) is 4.79 Å². The van der Waals surface area contributed by atoms with Crippen LogP contribution in [0.1, 0.15) is 40.5 Å². The molecule has 1 rings (SSSR count). The van der Waals surface area contributed by atoms with Crippen molar-refractivity contribution in [1.29, 1.82) is 0 Å². The zero-order valence-electron chi connectivity index (χ0n) is 14.0. The third-order valence-electron chi connectivity index (χ3n) is 2.94. The molecule has 2 amide bonds. The molecule has 9 nitrogen and oxygen atoms in total. The van der Waals surface area contributed by atoms with Crippen LogP contribution in [0.2, 0.25) is 0 Å². The molecule has 3 N–H and O–H groups in total. The fourth-order valence-electron chi connectivity index (χ4n) is 1.85. The van der Waals surface area contributed by atoms with Crippen molar-refractivity contribution in [1.82, 2.24) is 10.6 Å². The van der Waals surface area contributed by atoms with Gasteiger partial charge in [-0.1, -0.05) is 16.8 Å². The van der Waals surface area contributed by atoms with Crippen molar-refractivity contribution in [2.45, 2.75) is 64.3 Å². The number of aliphatic carboxylic acids is 1. The molecular formula is C14H22ClN3O6. The van der Waals surface area contributed by atoms with Gasteiger partial charge in [-0.15, -0.1) is 0 Å². The molecule has 1 heterocycles. The molecule has 24 heavy (non-hydrogen) atoms. The topological polar surface area (TPSA) is 126 Å². The first kappa shape index (κ1) is 20.0. The second-order valence-electron chi connectivity index (χ2n) is 6.40. The van der Waals surface area contributed by atoms with Crippen molar-refractivity contribution in [2.24, 2.45) is 5.16 Å². The number of carboxylic acids is 1. The highest BCUT2D eigenvalue weighted by atomic mass is 35.5. The third-order valence-corrected chi connectivity index (χ3v) is 3.16. The molecule has 0 aromatic carbocycles. The Morgan fingerprint density at radius 1 is 1.42 bits per heavy atom. The van der Waals surface area contributed by atoms with Gasteiger partial charge in [0.25, 0.3) is 0 Å². The largest absolute Gasteiger partial charge is 0.480 e. The number of alkyl carbamates (subject to hydrolysis) is 1. The van der Waals surface area contributed by atoms with Crippen molar-refractivity contribution >= 4 is 34.7 Å². The average Bonchev–Trinajstić information content (AvgIpc) is 2.80. The van der Waals surface area contributed by atoms with Crippen LogP contribution in [-0.2, 0) is 19.2 Å². The first-order valence-corrected chi connectivity index (χ1v) is 7.76. The molecule has 0 fully saturated rings. The minimum atomic E-state index is -1.22. The van der Waals surface area contributed by atoms with E-state index in [1.54, 1.807) is 20.8 Å². The highest BCUT2D eigenvalue weighted by Gasteiger charge is 2.30. The lowest BCUT2D eigenvalue weighted by Gasteiger charge is -2.23. The summed E-state index contributed by atoms with van der Waals surface area (Å²) in [6, 6.07) is -2.16. The predicted molar refractivity (Wildman–Crippen MR) is 85.8 cm³/mol. The van der Waals surface area contributed by atoms with Crippen LogP contribution >= 0.6 is 11.6 Å². The number of carbonyl (C=O) groups is 3. The summed E-state index contributed by atoms with van der Waals surface area (Å²) in [6.45, 7) is 6.48. The number of hydrogen-bond donors (Lipinski definition) is 3. The van der Waals surface area contributed by atoms with E-state index in [1.165, 1.54) is 6.92 Å². The van der Waals surface area contributed by atoms with E-state index in [9.17, 15) is 19.5 Å². The monoisotopic (exact) mass is 363 g/mol. The van der Waals surface area contributed by atoms with E-state index in [2.05, 4.69) is 15.8 Å². The van der Waals surface area contributed by atoms with E-state index in [4.69, 9.17) is 21.2 Å². The lowest BCUT2D eigenvalue weighted by molar-refractivity contribution is -0.143. The summed E-state index contributed by atoms with van der Waals surface area (Å²) in [7, 11) is 0. The number of ether oxygens (including phenoxy) is 1. The van der Waals surface area contributed by atoms with Crippen molar-refractivity contribution in [2.75, 3.05) is 0 Å². The van der Waals surface area contributed by atoms with Gasteiger partial charge in [-0.25, -0.2) is 9.59 Å². The SMILES string of the molecule is C[C@H](NC(=O)OC(C)(C)C)C(=O)NC(CC1CC(Cl)=NO1)C(=O)O. The van der Waals surface area contributed by atoms with Crippen LogP contribution in [-0.4, -0.2) is 52.0 Å². The zero-order chi connectivity index (χ0) is 18.5. The zero-order valence-corrected chi connectivity index (χ0v) is 14.7. The summed E-state index contributed by atoms with van der Waals surface area (Å²) in [5.41, 5.74) is -0.705. The van der Waals surface area contributed by atoms with E-state index < -0.39 is 41.8 Å². The molecule has 0 aromatic heterocycles. The second kappa shape index (κ2) is 8.18. The van der Waals surface area contributed by atoms with Gasteiger partial charge in [0, 0.05) is 12.8 Å². The molecule has 0 saturated carbocycles. The number of rotatable bonds is 6. The Labute approximate surface area is 144 Å². The van der Waals surface area contributed by atoms with Gasteiger partial charge in [0.1, 0.15) is 29.0 Å². The minimum Gasteiger partial charge on any atom is -0.480 e. The first-order valence-electron chi connectivity index (χ1n) is 7.39. The maximum absolute atomic E-state index is 12.1. The fraction of sp³-hybridized carbons (Fsp3) is 0.714. The van der Waals surface area contributed by atoms with Crippen LogP contribution in [0.4, 0.5) is 4.79 Å². The van der Waals surface area contributed by atoms with Gasteiger partial charge in [-0.05, 0) is 27.7 Å². The van der Waals surface area contributed by atoms with Crippen LogP contribution in [0.5, 0.6) is 0 Å². The molecule has 0 bridgehead atoms. The number of halogens is 1. The van der Waals surface area contributed by atoms with Gasteiger partial charge in [-0.2, -0.15) is 0 Å². The van der Waals surface area contributed by atoms with Crippen LogP contribution in [0.15, 0.2) is 5.16 Å². The van der Waals surface area contributed by atoms with Crippen LogP contribution in [0, 0.1) is 0 Å². The molecule has 2 unspecified atom stereocenters. The number of hydrogen-bond acceptors (Lipinski definition) is 6. The Morgan fingerprint density at radius 2 is 2.04 bits per heavy atom. The lowest BCUT2D eigenvalue weighted by atomic mass is 10.1. The molecule has 1 aliphatic rings. The Balaban J connectivity index is 2.52. The lowest BCUT2D eigenvalue weighted by Crippen LogP contribution is -2.51. The van der Waals surface area contributed by atoms with Crippen molar-refractivity contribution in [3.63, 3.8) is 0 Å². The summed E-state index contributed by atoms with van der Waals surface area (Å²) in [5, 5.41) is 17.7. The number of carbonyl (C=O) groups excluding carboxylic acids is 2. The van der Waals surface area contributed by atoms with Crippen molar-refractivity contribution in [3.8, 4) is 0 Å². The molecule has 10 heteroatoms. The summed E-state index contributed by atoms with van der Waals surface area (Å²) < 4.78 is 5.03. The molecule has 3 atom stereocenters. The quantitative estimate of drug-likeness (QED) is 0.650. The highest BCUT2D eigenvalue weighted by Crippen LogP contribution is 2.17. The second-order valence-corrected chi connectivity index (χ2v) is 6.84. The Bertz CT molecular complexity index is 531. The fourth-order valence-corrected chi connectivity index (χ4v) is 2.06. The Morgan fingerprint density at radius 3 is 2.50 bits per heavy atom. The number of amides is 2. The normalized spacial score (nSPS) is 19.5. The smallest absolute Gasteiger partial charge is 0.408 e. The number of carboxylic acid groups (broad SMARTS) is 1. The number of nitrogens with one attached hydrogen (secondary N) is 2. The average molecular weight is 364 g/mol. The van der Waals surface area contributed by atoms with E-state index in [0.29, 0.717) is 0 Å². The first-order chi connectivity index (χ1) is 11.0. The summed E-state index contributed by atoms with van der Waals surface area (Å²) >= 11 is 5.66. The van der Waals surface area contributed by atoms with Crippen LogP contribution in [0.25, 0.3) is 0 Å². The van der Waals surface area contributed by atoms with E-state index in [1.807, 2.05) is 0 Å². The van der Waals surface area contributed by atoms with Crippen molar-refractivity contribution in [3.05, 3.63) is 0 Å². The minimum absolute atomic E-state index is 0.0000487. The maximum Gasteiger partial charge on any atom is 0.408 e. The number of oxime groups is 1. The highest BCUT2D eigenvalue weighted by molar-refractivity contribution is 6.65. The van der Waals surface area contributed by atoms with Crippen LogP contribution in [0.3, 0.4) is 0 Å². The van der Waals surface area contributed by atoms with Crippen LogP contribution < -0.4 is 10.6 Å². The standard InChI is InChI=1S/C14H22ClN3O6/c1-7(16-13(22)23-14(2,3)4)11(19)17-9(12(20)21)5-8-6-10(15)18-24-8/h7-9H,5-6H2,1-4H3,(H,16,22)(H,17,19)(H,20,21)/t7-,8?,9?/m0/s1. The molecule has 0 radical (unpaired) electrons.